The van der Waals surface area contributed by atoms with Crippen LogP contribution in [0.5, 0.6) is 34.5 Å². The van der Waals surface area contributed by atoms with E-state index in [1.165, 1.54) is 52.7 Å². The third-order valence-corrected chi connectivity index (χ3v) is 4.09. The van der Waals surface area contributed by atoms with Crippen LogP contribution in [-0.4, -0.2) is 38.7 Å². The van der Waals surface area contributed by atoms with Crippen molar-refractivity contribution in [1.29, 1.82) is 0 Å². The predicted molar refractivity (Wildman–Crippen MR) is 97.5 cm³/mol. The van der Waals surface area contributed by atoms with Crippen LogP contribution in [0.3, 0.4) is 0 Å². The van der Waals surface area contributed by atoms with Gasteiger partial charge in [0.25, 0.3) is 0 Å². The van der Waals surface area contributed by atoms with Crippen LogP contribution in [0.25, 0.3) is 22.3 Å². The van der Waals surface area contributed by atoms with Gasteiger partial charge in [-0.05, 0) is 6.07 Å². The molecule has 0 bridgehead atoms. The summed E-state index contributed by atoms with van der Waals surface area (Å²) in [7, 11) is 5.57. The molecule has 8 heteroatoms. The lowest BCUT2D eigenvalue weighted by molar-refractivity contribution is 0.316. The van der Waals surface area contributed by atoms with Crippen LogP contribution >= 0.6 is 0 Å². The van der Waals surface area contributed by atoms with Crippen molar-refractivity contribution in [3.8, 4) is 45.8 Å². The van der Waals surface area contributed by atoms with Crippen molar-refractivity contribution in [3.05, 3.63) is 34.5 Å². The molecule has 0 saturated heterocycles. The lowest BCUT2D eigenvalue weighted by atomic mass is 10.1. The van der Waals surface area contributed by atoms with Crippen molar-refractivity contribution < 1.29 is 33.6 Å². The number of hydrogen-bond donors (Lipinski definition) is 2. The zero-order valence-corrected chi connectivity index (χ0v) is 15.2. The molecule has 2 N–H and O–H groups in total. The summed E-state index contributed by atoms with van der Waals surface area (Å²) < 4.78 is 26.5. The zero-order chi connectivity index (χ0) is 19.7. The number of rotatable bonds is 5. The lowest BCUT2D eigenvalue weighted by Crippen LogP contribution is -2.02. The van der Waals surface area contributed by atoms with Gasteiger partial charge in [0.05, 0.1) is 34.0 Å². The molecule has 3 rings (SSSR count). The first-order valence-corrected chi connectivity index (χ1v) is 7.82. The third-order valence-electron chi connectivity index (χ3n) is 4.09. The maximum Gasteiger partial charge on any atom is 0.207 e. The third kappa shape index (κ3) is 2.95. The largest absolute Gasteiger partial charge is 0.507 e. The number of phenols is 2. The molecule has 1 aromatic heterocycles. The van der Waals surface area contributed by atoms with Crippen molar-refractivity contribution in [2.45, 2.75) is 0 Å². The number of benzene rings is 2. The maximum absolute atomic E-state index is 12.5. The smallest absolute Gasteiger partial charge is 0.207 e. The van der Waals surface area contributed by atoms with Crippen molar-refractivity contribution in [2.75, 3.05) is 28.4 Å². The summed E-state index contributed by atoms with van der Waals surface area (Å²) in [5.74, 6) is 0.220. The molecular formula is C19H18O8. The first-order chi connectivity index (χ1) is 12.9. The van der Waals surface area contributed by atoms with Crippen molar-refractivity contribution in [3.63, 3.8) is 0 Å². The zero-order valence-electron chi connectivity index (χ0n) is 15.2. The Morgan fingerprint density at radius 3 is 2.15 bits per heavy atom. The van der Waals surface area contributed by atoms with Crippen LogP contribution in [0.15, 0.2) is 33.5 Å². The summed E-state index contributed by atoms with van der Waals surface area (Å²) in [5, 5.41) is 20.5. The van der Waals surface area contributed by atoms with Gasteiger partial charge in [-0.2, -0.15) is 0 Å². The van der Waals surface area contributed by atoms with Gasteiger partial charge < -0.3 is 33.6 Å². The molecule has 2 aromatic carbocycles. The van der Waals surface area contributed by atoms with E-state index < -0.39 is 5.43 Å². The van der Waals surface area contributed by atoms with Gasteiger partial charge in [0, 0.05) is 18.2 Å². The Hall–Kier alpha value is -3.55. The molecule has 0 radical (unpaired) electrons. The molecule has 0 aliphatic heterocycles. The van der Waals surface area contributed by atoms with E-state index in [0.717, 1.165) is 0 Å². The number of hydrogen-bond acceptors (Lipinski definition) is 8. The summed E-state index contributed by atoms with van der Waals surface area (Å²) in [4.78, 5) is 12.5. The van der Waals surface area contributed by atoms with Gasteiger partial charge in [0.2, 0.25) is 11.5 Å². The van der Waals surface area contributed by atoms with E-state index in [4.69, 9.17) is 23.4 Å². The van der Waals surface area contributed by atoms with Crippen LogP contribution in [0, 0.1) is 0 Å². The maximum atomic E-state index is 12.5. The number of methoxy groups -OCH3 is 4. The molecular weight excluding hydrogens is 356 g/mol. The Balaban J connectivity index is 2.35. The fourth-order valence-corrected chi connectivity index (χ4v) is 2.84. The van der Waals surface area contributed by atoms with Crippen molar-refractivity contribution in [1.82, 2.24) is 0 Å². The van der Waals surface area contributed by atoms with Gasteiger partial charge in [-0.15, -0.1) is 0 Å². The fourth-order valence-electron chi connectivity index (χ4n) is 2.84. The second kappa shape index (κ2) is 6.99. The Kier molecular flexibility index (Phi) is 4.72. The molecule has 0 fully saturated rings. The summed E-state index contributed by atoms with van der Waals surface area (Å²) in [6, 6.07) is 5.51. The highest BCUT2D eigenvalue weighted by Crippen LogP contribution is 2.49. The second-order valence-electron chi connectivity index (χ2n) is 5.54. The molecule has 8 nitrogen and oxygen atoms in total. The summed E-state index contributed by atoms with van der Waals surface area (Å²) >= 11 is 0. The standard InChI is InChI=1S/C19H18O8/c1-23-9-5-11(20)16-12(21)8-13(27-14(16)6-9)10-7-15(24-2)19(26-4)17(22)18(10)25-3/h5-8,20,22H,1-4H3. The van der Waals surface area contributed by atoms with Gasteiger partial charge in [-0.25, -0.2) is 0 Å². The molecule has 1 heterocycles. The van der Waals surface area contributed by atoms with Crippen LogP contribution < -0.4 is 24.4 Å². The fraction of sp³-hybridized carbons (Fsp3) is 0.211. The quantitative estimate of drug-likeness (QED) is 0.702. The minimum Gasteiger partial charge on any atom is -0.507 e. The molecule has 0 aliphatic carbocycles. The monoisotopic (exact) mass is 374 g/mol. The summed E-state index contributed by atoms with van der Waals surface area (Å²) in [6.45, 7) is 0. The topological polar surface area (TPSA) is 108 Å². The van der Waals surface area contributed by atoms with E-state index in [0.29, 0.717) is 5.75 Å². The van der Waals surface area contributed by atoms with E-state index in [-0.39, 0.29) is 51.0 Å². The molecule has 0 amide bonds. The van der Waals surface area contributed by atoms with Crippen LogP contribution in [-0.2, 0) is 0 Å². The van der Waals surface area contributed by atoms with Crippen molar-refractivity contribution in [2.24, 2.45) is 0 Å². The van der Waals surface area contributed by atoms with E-state index >= 15 is 0 Å². The number of fused-ring (bicyclic) bond motifs is 1. The van der Waals surface area contributed by atoms with E-state index in [1.54, 1.807) is 0 Å². The number of ether oxygens (including phenoxy) is 4. The molecule has 142 valence electrons. The molecule has 0 atom stereocenters. The highest BCUT2D eigenvalue weighted by Gasteiger charge is 2.23. The van der Waals surface area contributed by atoms with E-state index in [9.17, 15) is 15.0 Å². The molecule has 0 aliphatic rings. The van der Waals surface area contributed by atoms with Crippen LogP contribution in [0.1, 0.15) is 0 Å². The number of aromatic hydroxyl groups is 2. The summed E-state index contributed by atoms with van der Waals surface area (Å²) in [6.07, 6.45) is 0. The highest BCUT2D eigenvalue weighted by atomic mass is 16.5. The van der Waals surface area contributed by atoms with Gasteiger partial charge >= 0.3 is 0 Å². The molecule has 0 unspecified atom stereocenters. The molecule has 0 saturated carbocycles. The Bertz CT molecular complexity index is 1070. The Morgan fingerprint density at radius 2 is 1.56 bits per heavy atom. The molecule has 0 spiro atoms. The Labute approximate surface area is 154 Å². The van der Waals surface area contributed by atoms with Gasteiger partial charge in [0.1, 0.15) is 28.2 Å². The molecule has 3 aromatic rings. The minimum absolute atomic E-state index is 0.0169. The average Bonchev–Trinajstić information content (AvgIpc) is 2.66. The van der Waals surface area contributed by atoms with Gasteiger partial charge in [-0.1, -0.05) is 0 Å². The van der Waals surface area contributed by atoms with E-state index in [2.05, 4.69) is 0 Å². The van der Waals surface area contributed by atoms with Crippen LogP contribution in [0.2, 0.25) is 0 Å². The molecule has 27 heavy (non-hydrogen) atoms. The highest BCUT2D eigenvalue weighted by molar-refractivity contribution is 5.87. The van der Waals surface area contributed by atoms with Crippen LogP contribution in [0.4, 0.5) is 0 Å². The van der Waals surface area contributed by atoms with E-state index in [1.807, 2.05) is 0 Å². The minimum atomic E-state index is -0.470. The van der Waals surface area contributed by atoms with Gasteiger partial charge in [-0.3, -0.25) is 4.79 Å². The first-order valence-electron chi connectivity index (χ1n) is 7.82. The average molecular weight is 374 g/mol. The predicted octanol–water partition coefficient (Wildman–Crippen LogP) is 2.91. The van der Waals surface area contributed by atoms with Crippen molar-refractivity contribution >= 4 is 11.0 Å². The summed E-state index contributed by atoms with van der Waals surface area (Å²) in [5.41, 5.74) is -0.0811. The SMILES string of the molecule is COc1cc(O)c2c(=O)cc(-c3cc(OC)c(OC)c(O)c3OC)oc2c1. The lowest BCUT2D eigenvalue weighted by Gasteiger charge is -2.16. The second-order valence-corrected chi connectivity index (χ2v) is 5.54. The Morgan fingerprint density at radius 1 is 0.852 bits per heavy atom. The number of phenolic OH excluding ortho intramolecular Hbond substituents is 2. The normalized spacial score (nSPS) is 10.7. The first kappa shape index (κ1) is 18.2. The van der Waals surface area contributed by atoms with Gasteiger partial charge in [0.15, 0.2) is 16.9 Å².